The molecule has 0 saturated heterocycles. The van der Waals surface area contributed by atoms with Gasteiger partial charge in [0, 0.05) is 0 Å². The summed E-state index contributed by atoms with van der Waals surface area (Å²) >= 11 is 0. The number of carbonyl (C=O) groups is 1. The molecule has 4 rings (SSSR count). The van der Waals surface area contributed by atoms with Gasteiger partial charge in [-0.15, -0.1) is 0 Å². The smallest absolute Gasteiger partial charge is 0.411 e. The lowest BCUT2D eigenvalue weighted by Gasteiger charge is -2.27. The molecule has 22 heavy (non-hydrogen) atoms. The summed E-state index contributed by atoms with van der Waals surface area (Å²) < 4.78 is 16.8. The van der Waals surface area contributed by atoms with E-state index in [2.05, 4.69) is 0 Å². The molecule has 2 bridgehead atoms. The molecule has 116 valence electrons. The van der Waals surface area contributed by atoms with Crippen molar-refractivity contribution in [2.75, 3.05) is 13.2 Å². The number of fused-ring (bicyclic) bond motifs is 6. The third-order valence-electron chi connectivity index (χ3n) is 4.06. The first-order chi connectivity index (χ1) is 10.4. The molecule has 1 aromatic rings. The molecule has 2 atom stereocenters. The van der Waals surface area contributed by atoms with E-state index >= 15 is 0 Å². The summed E-state index contributed by atoms with van der Waals surface area (Å²) in [6.45, 7) is 6.76. The highest BCUT2D eigenvalue weighted by Gasteiger charge is 2.45. The largest absolute Gasteiger partial charge is 0.486 e. The second kappa shape index (κ2) is 4.41. The van der Waals surface area contributed by atoms with Crippen LogP contribution in [0.15, 0.2) is 24.3 Å². The van der Waals surface area contributed by atoms with E-state index in [-0.39, 0.29) is 18.2 Å². The molecule has 3 heterocycles. The molecule has 2 unspecified atom stereocenters. The fourth-order valence-electron chi connectivity index (χ4n) is 3.25. The molecule has 1 aromatic carbocycles. The molecule has 3 aliphatic rings. The molecule has 5 heteroatoms. The van der Waals surface area contributed by atoms with Crippen molar-refractivity contribution in [1.82, 2.24) is 4.90 Å². The van der Waals surface area contributed by atoms with Crippen LogP contribution in [0.25, 0.3) is 0 Å². The van der Waals surface area contributed by atoms with E-state index in [1.54, 1.807) is 4.90 Å². The maximum absolute atomic E-state index is 12.5. The van der Waals surface area contributed by atoms with Crippen molar-refractivity contribution in [1.29, 1.82) is 0 Å². The number of benzene rings is 1. The zero-order chi connectivity index (χ0) is 15.5. The van der Waals surface area contributed by atoms with Crippen LogP contribution < -0.4 is 9.47 Å². The van der Waals surface area contributed by atoms with Crippen molar-refractivity contribution < 1.29 is 19.0 Å². The molecule has 0 aliphatic carbocycles. The van der Waals surface area contributed by atoms with Crippen molar-refractivity contribution >= 4 is 6.09 Å². The number of carbonyl (C=O) groups excluding carboxylic acids is 1. The number of ether oxygens (including phenoxy) is 3. The predicted molar refractivity (Wildman–Crippen MR) is 80.1 cm³/mol. The predicted octanol–water partition coefficient (Wildman–Crippen LogP) is 3.36. The van der Waals surface area contributed by atoms with Gasteiger partial charge in [-0.05, 0) is 44.0 Å². The van der Waals surface area contributed by atoms with E-state index in [0.29, 0.717) is 13.2 Å². The van der Waals surface area contributed by atoms with E-state index in [4.69, 9.17) is 14.2 Å². The summed E-state index contributed by atoms with van der Waals surface area (Å²) in [4.78, 5) is 14.3. The molecule has 5 nitrogen and oxygen atoms in total. The summed E-state index contributed by atoms with van der Waals surface area (Å²) in [6.07, 6.45) is 3.81. The number of hydrogen-bond acceptors (Lipinski definition) is 4. The minimum absolute atomic E-state index is 0.0781. The lowest BCUT2D eigenvalue weighted by Crippen LogP contribution is -2.35. The second-order valence-electron chi connectivity index (χ2n) is 6.79. The van der Waals surface area contributed by atoms with Gasteiger partial charge in [-0.25, -0.2) is 4.79 Å². The van der Waals surface area contributed by atoms with Gasteiger partial charge in [-0.1, -0.05) is 12.2 Å². The molecule has 0 radical (unpaired) electrons. The van der Waals surface area contributed by atoms with Crippen LogP contribution in [0.3, 0.4) is 0 Å². The Morgan fingerprint density at radius 2 is 1.59 bits per heavy atom. The van der Waals surface area contributed by atoms with Crippen molar-refractivity contribution in [3.8, 4) is 11.5 Å². The van der Waals surface area contributed by atoms with Gasteiger partial charge in [0.1, 0.15) is 18.8 Å². The Morgan fingerprint density at radius 3 is 2.05 bits per heavy atom. The van der Waals surface area contributed by atoms with Crippen LogP contribution >= 0.6 is 0 Å². The van der Waals surface area contributed by atoms with Gasteiger partial charge in [-0.3, -0.25) is 4.90 Å². The van der Waals surface area contributed by atoms with Crippen molar-refractivity contribution in [2.45, 2.75) is 38.5 Å². The monoisotopic (exact) mass is 301 g/mol. The van der Waals surface area contributed by atoms with Crippen LogP contribution in [0.2, 0.25) is 0 Å². The molecule has 0 spiro atoms. The van der Waals surface area contributed by atoms with E-state index < -0.39 is 5.60 Å². The van der Waals surface area contributed by atoms with E-state index in [9.17, 15) is 4.79 Å². The first-order valence-corrected chi connectivity index (χ1v) is 7.57. The lowest BCUT2D eigenvalue weighted by molar-refractivity contribution is 0.0196. The van der Waals surface area contributed by atoms with Crippen LogP contribution in [0.5, 0.6) is 11.5 Å². The van der Waals surface area contributed by atoms with Crippen LogP contribution in [0, 0.1) is 0 Å². The van der Waals surface area contributed by atoms with Gasteiger partial charge in [-0.2, -0.15) is 0 Å². The fraction of sp³-hybridized carbons (Fsp3) is 0.471. The van der Waals surface area contributed by atoms with Crippen molar-refractivity contribution in [2.24, 2.45) is 0 Å². The van der Waals surface area contributed by atoms with Crippen LogP contribution in [0.1, 0.15) is 44.0 Å². The van der Waals surface area contributed by atoms with Crippen molar-refractivity contribution in [3.05, 3.63) is 35.4 Å². The SMILES string of the molecule is CC(C)(C)OC(=O)N1C2C=CC1c1cc3c(cc12)OCCO3. The van der Waals surface area contributed by atoms with Gasteiger partial charge in [0.2, 0.25) is 0 Å². The average Bonchev–Trinajstić information content (AvgIpc) is 3.00. The average molecular weight is 301 g/mol. The molecular formula is C17H19NO4. The first-order valence-electron chi connectivity index (χ1n) is 7.57. The third-order valence-corrected chi connectivity index (χ3v) is 4.06. The first kappa shape index (κ1) is 13.5. The fourth-order valence-corrected chi connectivity index (χ4v) is 3.25. The van der Waals surface area contributed by atoms with Gasteiger partial charge in [0.05, 0.1) is 12.1 Å². The molecule has 3 aliphatic heterocycles. The summed E-state index contributed by atoms with van der Waals surface area (Å²) in [6, 6.07) is 3.83. The third kappa shape index (κ3) is 1.95. The minimum atomic E-state index is -0.503. The number of nitrogens with zero attached hydrogens (tertiary/aromatic N) is 1. The second-order valence-corrected chi connectivity index (χ2v) is 6.79. The van der Waals surface area contributed by atoms with E-state index in [0.717, 1.165) is 22.6 Å². The Hall–Kier alpha value is -2.17. The van der Waals surface area contributed by atoms with Gasteiger partial charge in [0.25, 0.3) is 0 Å². The Kier molecular flexibility index (Phi) is 2.71. The summed E-state index contributed by atoms with van der Waals surface area (Å²) in [5.74, 6) is 1.52. The highest BCUT2D eigenvalue weighted by molar-refractivity contribution is 5.74. The summed E-state index contributed by atoms with van der Waals surface area (Å²) in [5, 5.41) is 0. The maximum atomic E-state index is 12.5. The molecular weight excluding hydrogens is 282 g/mol. The molecule has 0 aromatic heterocycles. The van der Waals surface area contributed by atoms with E-state index in [1.807, 2.05) is 45.1 Å². The van der Waals surface area contributed by atoms with Gasteiger partial charge < -0.3 is 14.2 Å². The van der Waals surface area contributed by atoms with Crippen LogP contribution in [-0.4, -0.2) is 29.8 Å². The number of amides is 1. The highest BCUT2D eigenvalue weighted by atomic mass is 16.6. The molecule has 1 amide bonds. The van der Waals surface area contributed by atoms with Gasteiger partial charge >= 0.3 is 6.09 Å². The number of hydrogen-bond donors (Lipinski definition) is 0. The van der Waals surface area contributed by atoms with Gasteiger partial charge in [0.15, 0.2) is 11.5 Å². The zero-order valence-electron chi connectivity index (χ0n) is 13.0. The van der Waals surface area contributed by atoms with E-state index in [1.165, 1.54) is 0 Å². The number of rotatable bonds is 0. The highest BCUT2D eigenvalue weighted by Crippen LogP contribution is 2.52. The Balaban J connectivity index is 1.68. The quantitative estimate of drug-likeness (QED) is 0.689. The standard InChI is InChI=1S/C17H19NO4/c1-17(2,3)22-16(19)18-12-4-5-13(18)11-9-15-14(8-10(11)12)20-6-7-21-15/h4-5,8-9,12-13H,6-7H2,1-3H3. The molecule has 0 N–H and O–H groups in total. The maximum Gasteiger partial charge on any atom is 0.411 e. The van der Waals surface area contributed by atoms with Crippen LogP contribution in [0.4, 0.5) is 4.79 Å². The Bertz CT molecular complexity index is 631. The summed E-state index contributed by atoms with van der Waals surface area (Å²) in [7, 11) is 0. The Labute approximate surface area is 129 Å². The molecule has 0 saturated carbocycles. The lowest BCUT2D eigenvalue weighted by atomic mass is 9.96. The zero-order valence-corrected chi connectivity index (χ0v) is 13.0. The minimum Gasteiger partial charge on any atom is -0.486 e. The Morgan fingerprint density at radius 1 is 1.09 bits per heavy atom. The van der Waals surface area contributed by atoms with Crippen LogP contribution in [-0.2, 0) is 4.74 Å². The van der Waals surface area contributed by atoms with Crippen molar-refractivity contribution in [3.63, 3.8) is 0 Å². The topological polar surface area (TPSA) is 48.0 Å². The molecule has 0 fully saturated rings. The summed E-state index contributed by atoms with van der Waals surface area (Å²) in [5.41, 5.74) is 1.70. The normalized spacial score (nSPS) is 24.4.